The van der Waals surface area contributed by atoms with Crippen molar-refractivity contribution in [2.24, 2.45) is 5.92 Å². The highest BCUT2D eigenvalue weighted by Crippen LogP contribution is 2.26. The molecule has 0 spiro atoms. The van der Waals surface area contributed by atoms with Crippen LogP contribution in [0, 0.1) is 12.8 Å². The van der Waals surface area contributed by atoms with Crippen LogP contribution in [0.15, 0.2) is 29.2 Å². The van der Waals surface area contributed by atoms with Crippen molar-refractivity contribution in [2.45, 2.75) is 31.1 Å². The smallest absolute Gasteiger partial charge is 0.223 e. The molecule has 0 aromatic heterocycles. The first-order valence-electron chi connectivity index (χ1n) is 6.23. The molecule has 1 saturated carbocycles. The molecule has 1 aliphatic rings. The Morgan fingerprint density at radius 1 is 1.35 bits per heavy atom. The highest BCUT2D eigenvalue weighted by Gasteiger charge is 2.24. The molecule has 92 valence electrons. The normalized spacial score (nSPS) is 15.4. The summed E-state index contributed by atoms with van der Waals surface area (Å²) in [7, 11) is 0. The van der Waals surface area contributed by atoms with E-state index in [4.69, 9.17) is 0 Å². The lowest BCUT2D eigenvalue weighted by molar-refractivity contribution is -0.127. The fourth-order valence-corrected chi connectivity index (χ4v) is 2.56. The highest BCUT2D eigenvalue weighted by molar-refractivity contribution is 7.99. The Balaban J connectivity index is 1.62. The van der Waals surface area contributed by atoms with Gasteiger partial charge in [-0.1, -0.05) is 24.1 Å². The van der Waals surface area contributed by atoms with Crippen LogP contribution in [0.5, 0.6) is 0 Å². The molecule has 2 nitrogen and oxygen atoms in total. The Bertz CT molecular complexity index is 370. The average molecular weight is 249 g/mol. The molecule has 0 atom stereocenters. The quantitative estimate of drug-likeness (QED) is 0.642. The standard InChI is InChI=1S/C14H19NOS/c1-11-5-7-13(8-6-11)17-10-9-15-14(16)12-3-2-4-12/h5-8,12H,2-4,9-10H2,1H3,(H,15,16). The van der Waals surface area contributed by atoms with Crippen molar-refractivity contribution in [3.05, 3.63) is 29.8 Å². The Labute approximate surface area is 107 Å². The monoisotopic (exact) mass is 249 g/mol. The minimum Gasteiger partial charge on any atom is -0.355 e. The molecule has 1 N–H and O–H groups in total. The van der Waals surface area contributed by atoms with Crippen molar-refractivity contribution in [1.82, 2.24) is 5.32 Å². The number of rotatable bonds is 5. The number of carbonyl (C=O) groups excluding carboxylic acids is 1. The minimum atomic E-state index is 0.251. The SMILES string of the molecule is Cc1ccc(SCCNC(=O)C2CCC2)cc1. The zero-order valence-electron chi connectivity index (χ0n) is 10.2. The molecule has 2 rings (SSSR count). The zero-order valence-corrected chi connectivity index (χ0v) is 11.1. The summed E-state index contributed by atoms with van der Waals surface area (Å²) in [6.07, 6.45) is 3.38. The molecule has 0 radical (unpaired) electrons. The van der Waals surface area contributed by atoms with E-state index in [9.17, 15) is 4.79 Å². The number of hydrogen-bond acceptors (Lipinski definition) is 2. The van der Waals surface area contributed by atoms with Crippen LogP contribution in [0.4, 0.5) is 0 Å². The van der Waals surface area contributed by atoms with Crippen molar-refractivity contribution in [3.8, 4) is 0 Å². The summed E-state index contributed by atoms with van der Waals surface area (Å²) in [5.74, 6) is 1.50. The van der Waals surface area contributed by atoms with Crippen LogP contribution in [0.1, 0.15) is 24.8 Å². The van der Waals surface area contributed by atoms with E-state index >= 15 is 0 Å². The summed E-state index contributed by atoms with van der Waals surface area (Å²) in [6.45, 7) is 2.86. The van der Waals surface area contributed by atoms with Gasteiger partial charge in [-0.25, -0.2) is 0 Å². The summed E-state index contributed by atoms with van der Waals surface area (Å²) in [4.78, 5) is 12.8. The second-order valence-electron chi connectivity index (χ2n) is 4.58. The highest BCUT2D eigenvalue weighted by atomic mass is 32.2. The number of carbonyl (C=O) groups is 1. The number of aryl methyl sites for hydroxylation is 1. The van der Waals surface area contributed by atoms with E-state index < -0.39 is 0 Å². The predicted octanol–water partition coefficient (Wildman–Crippen LogP) is 3.00. The van der Waals surface area contributed by atoms with Crippen LogP contribution in [0.3, 0.4) is 0 Å². The summed E-state index contributed by atoms with van der Waals surface area (Å²) in [5.41, 5.74) is 1.28. The number of nitrogens with one attached hydrogen (secondary N) is 1. The summed E-state index contributed by atoms with van der Waals surface area (Å²) in [6, 6.07) is 8.51. The van der Waals surface area contributed by atoms with Gasteiger partial charge >= 0.3 is 0 Å². The molecule has 17 heavy (non-hydrogen) atoms. The molecule has 1 aromatic carbocycles. The van der Waals surface area contributed by atoms with Gasteiger partial charge in [-0.15, -0.1) is 11.8 Å². The van der Waals surface area contributed by atoms with Crippen molar-refractivity contribution in [2.75, 3.05) is 12.3 Å². The first-order valence-corrected chi connectivity index (χ1v) is 7.21. The maximum atomic E-state index is 11.6. The van der Waals surface area contributed by atoms with E-state index in [0.717, 1.165) is 25.1 Å². The second kappa shape index (κ2) is 6.10. The largest absolute Gasteiger partial charge is 0.355 e. The molecule has 0 heterocycles. The van der Waals surface area contributed by atoms with Crippen LogP contribution >= 0.6 is 11.8 Å². The molecule has 1 amide bonds. The van der Waals surface area contributed by atoms with E-state index in [1.807, 2.05) is 0 Å². The predicted molar refractivity (Wildman–Crippen MR) is 72.3 cm³/mol. The van der Waals surface area contributed by atoms with E-state index in [1.54, 1.807) is 11.8 Å². The Kier molecular flexibility index (Phi) is 4.49. The minimum absolute atomic E-state index is 0.251. The van der Waals surface area contributed by atoms with E-state index in [-0.39, 0.29) is 5.91 Å². The molecule has 0 bridgehead atoms. The van der Waals surface area contributed by atoms with Gasteiger partial charge in [-0.3, -0.25) is 4.79 Å². The zero-order chi connectivity index (χ0) is 12.1. The average Bonchev–Trinajstić information content (AvgIpc) is 2.24. The first-order chi connectivity index (χ1) is 8.25. The van der Waals surface area contributed by atoms with Crippen LogP contribution in [-0.2, 0) is 4.79 Å². The number of thioether (sulfide) groups is 1. The van der Waals surface area contributed by atoms with E-state index in [0.29, 0.717) is 5.92 Å². The summed E-state index contributed by atoms with van der Waals surface area (Å²) in [5, 5.41) is 3.01. The lowest BCUT2D eigenvalue weighted by Crippen LogP contribution is -2.35. The number of amides is 1. The topological polar surface area (TPSA) is 29.1 Å². The molecular formula is C14H19NOS. The molecule has 0 saturated heterocycles. The Morgan fingerprint density at radius 3 is 2.65 bits per heavy atom. The molecule has 0 aliphatic heterocycles. The van der Waals surface area contributed by atoms with Crippen LogP contribution in [-0.4, -0.2) is 18.2 Å². The lowest BCUT2D eigenvalue weighted by atomic mass is 9.85. The second-order valence-corrected chi connectivity index (χ2v) is 5.75. The van der Waals surface area contributed by atoms with E-state index in [2.05, 4.69) is 36.5 Å². The lowest BCUT2D eigenvalue weighted by Gasteiger charge is -2.23. The Hall–Kier alpha value is -0.960. The third-order valence-corrected chi connectivity index (χ3v) is 4.18. The first kappa shape index (κ1) is 12.5. The van der Waals surface area contributed by atoms with Crippen molar-refractivity contribution < 1.29 is 4.79 Å². The third kappa shape index (κ3) is 3.77. The molecule has 1 aliphatic carbocycles. The summed E-state index contributed by atoms with van der Waals surface area (Å²) >= 11 is 1.79. The Morgan fingerprint density at radius 2 is 2.06 bits per heavy atom. The summed E-state index contributed by atoms with van der Waals surface area (Å²) < 4.78 is 0. The van der Waals surface area contributed by atoms with Gasteiger partial charge in [0.1, 0.15) is 0 Å². The van der Waals surface area contributed by atoms with Crippen LogP contribution in [0.25, 0.3) is 0 Å². The third-order valence-electron chi connectivity index (χ3n) is 3.17. The van der Waals surface area contributed by atoms with Crippen LogP contribution < -0.4 is 5.32 Å². The van der Waals surface area contributed by atoms with Gasteiger partial charge < -0.3 is 5.32 Å². The van der Waals surface area contributed by atoms with Crippen molar-refractivity contribution >= 4 is 17.7 Å². The fourth-order valence-electron chi connectivity index (χ4n) is 1.79. The van der Waals surface area contributed by atoms with Gasteiger partial charge in [0.2, 0.25) is 5.91 Å². The number of hydrogen-bond donors (Lipinski definition) is 1. The van der Waals surface area contributed by atoms with Gasteiger partial charge in [0.25, 0.3) is 0 Å². The molecule has 0 unspecified atom stereocenters. The molecule has 1 aromatic rings. The molecule has 3 heteroatoms. The van der Waals surface area contributed by atoms with Gasteiger partial charge in [-0.2, -0.15) is 0 Å². The van der Waals surface area contributed by atoms with Gasteiger partial charge in [0.15, 0.2) is 0 Å². The van der Waals surface area contributed by atoms with Crippen LogP contribution in [0.2, 0.25) is 0 Å². The van der Waals surface area contributed by atoms with Gasteiger partial charge in [0.05, 0.1) is 0 Å². The molecule has 1 fully saturated rings. The maximum Gasteiger partial charge on any atom is 0.223 e. The molecular weight excluding hydrogens is 230 g/mol. The van der Waals surface area contributed by atoms with Gasteiger partial charge in [-0.05, 0) is 31.9 Å². The fraction of sp³-hybridized carbons (Fsp3) is 0.500. The van der Waals surface area contributed by atoms with Crippen molar-refractivity contribution in [3.63, 3.8) is 0 Å². The number of benzene rings is 1. The van der Waals surface area contributed by atoms with Gasteiger partial charge in [0, 0.05) is 23.1 Å². The van der Waals surface area contributed by atoms with E-state index in [1.165, 1.54) is 16.9 Å². The maximum absolute atomic E-state index is 11.6. The van der Waals surface area contributed by atoms with Crippen molar-refractivity contribution in [1.29, 1.82) is 0 Å².